The minimum Gasteiger partial charge on any atom is -0.362 e. The molecule has 2 aromatic rings. The van der Waals surface area contributed by atoms with Crippen LogP contribution < -0.4 is 10.2 Å². The maximum atomic E-state index is 12.9. The molecule has 0 atom stereocenters. The molecule has 0 spiro atoms. The van der Waals surface area contributed by atoms with Gasteiger partial charge in [0.05, 0.1) is 6.54 Å². The lowest BCUT2D eigenvalue weighted by molar-refractivity contribution is -0.119. The van der Waals surface area contributed by atoms with Crippen LogP contribution in [0.15, 0.2) is 48.5 Å². The first kappa shape index (κ1) is 15.5. The van der Waals surface area contributed by atoms with E-state index in [1.54, 1.807) is 12.1 Å². The lowest BCUT2D eigenvalue weighted by Crippen LogP contribution is -2.37. The van der Waals surface area contributed by atoms with Crippen LogP contribution in [0.2, 0.25) is 0 Å². The molecule has 0 radical (unpaired) electrons. The molecule has 1 heterocycles. The Morgan fingerprint density at radius 1 is 1.09 bits per heavy atom. The Hall–Kier alpha value is -2.36. The van der Waals surface area contributed by atoms with Gasteiger partial charge >= 0.3 is 0 Å². The van der Waals surface area contributed by atoms with E-state index in [1.165, 1.54) is 23.4 Å². The molecule has 0 unspecified atom stereocenters. The molecule has 0 bridgehead atoms. The SMILES string of the molecule is O=C(CN1CCCCc2ccccc21)NCc1ccc(F)cc1. The highest BCUT2D eigenvalue weighted by Crippen LogP contribution is 2.25. The Balaban J connectivity index is 1.60. The third kappa shape index (κ3) is 4.09. The van der Waals surface area contributed by atoms with Gasteiger partial charge in [0, 0.05) is 18.8 Å². The van der Waals surface area contributed by atoms with Gasteiger partial charge in [-0.05, 0) is 48.6 Å². The fourth-order valence-electron chi connectivity index (χ4n) is 2.97. The van der Waals surface area contributed by atoms with Crippen molar-refractivity contribution >= 4 is 11.6 Å². The molecule has 0 aromatic heterocycles. The van der Waals surface area contributed by atoms with Crippen molar-refractivity contribution in [3.05, 3.63) is 65.5 Å². The van der Waals surface area contributed by atoms with Crippen molar-refractivity contribution in [1.29, 1.82) is 0 Å². The Kier molecular flexibility index (Phi) is 4.91. The van der Waals surface area contributed by atoms with Gasteiger partial charge in [-0.3, -0.25) is 4.79 Å². The highest BCUT2D eigenvalue weighted by molar-refractivity contribution is 5.81. The van der Waals surface area contributed by atoms with Crippen molar-refractivity contribution in [2.75, 3.05) is 18.0 Å². The topological polar surface area (TPSA) is 32.3 Å². The highest BCUT2D eigenvalue weighted by Gasteiger charge is 2.17. The van der Waals surface area contributed by atoms with Crippen molar-refractivity contribution in [3.63, 3.8) is 0 Å². The number of aryl methyl sites for hydroxylation is 1. The Morgan fingerprint density at radius 3 is 2.70 bits per heavy atom. The van der Waals surface area contributed by atoms with E-state index in [1.807, 2.05) is 6.07 Å². The first-order valence-electron chi connectivity index (χ1n) is 8.06. The van der Waals surface area contributed by atoms with Gasteiger partial charge in [-0.2, -0.15) is 0 Å². The number of hydrogen-bond acceptors (Lipinski definition) is 2. The number of fused-ring (bicyclic) bond motifs is 1. The van der Waals surface area contributed by atoms with Gasteiger partial charge in [0.25, 0.3) is 0 Å². The molecule has 1 aliphatic heterocycles. The summed E-state index contributed by atoms with van der Waals surface area (Å²) in [6.45, 7) is 1.69. The van der Waals surface area contributed by atoms with Crippen LogP contribution in [0.4, 0.5) is 10.1 Å². The van der Waals surface area contributed by atoms with Gasteiger partial charge in [-0.1, -0.05) is 30.3 Å². The second kappa shape index (κ2) is 7.27. The summed E-state index contributed by atoms with van der Waals surface area (Å²) in [7, 11) is 0. The van der Waals surface area contributed by atoms with Gasteiger partial charge in [-0.25, -0.2) is 4.39 Å². The fraction of sp³-hybridized carbons (Fsp3) is 0.316. The molecular weight excluding hydrogens is 291 g/mol. The summed E-state index contributed by atoms with van der Waals surface area (Å²) in [5.74, 6) is -0.271. The zero-order valence-corrected chi connectivity index (χ0v) is 13.1. The van der Waals surface area contributed by atoms with Crippen LogP contribution in [-0.2, 0) is 17.8 Å². The van der Waals surface area contributed by atoms with Crippen LogP contribution in [0.1, 0.15) is 24.0 Å². The molecule has 0 aliphatic carbocycles. The zero-order chi connectivity index (χ0) is 16.1. The number of anilines is 1. The molecule has 23 heavy (non-hydrogen) atoms. The number of carbonyl (C=O) groups is 1. The van der Waals surface area contributed by atoms with Crippen LogP contribution in [0.25, 0.3) is 0 Å². The molecule has 1 amide bonds. The van der Waals surface area contributed by atoms with Gasteiger partial charge in [-0.15, -0.1) is 0 Å². The second-order valence-corrected chi connectivity index (χ2v) is 5.91. The molecule has 3 nitrogen and oxygen atoms in total. The second-order valence-electron chi connectivity index (χ2n) is 5.91. The van der Waals surface area contributed by atoms with E-state index in [-0.39, 0.29) is 11.7 Å². The number of nitrogens with zero attached hydrogens (tertiary/aromatic N) is 1. The monoisotopic (exact) mass is 312 g/mol. The van der Waals surface area contributed by atoms with Gasteiger partial charge in [0.15, 0.2) is 0 Å². The lowest BCUT2D eigenvalue weighted by Gasteiger charge is -2.24. The van der Waals surface area contributed by atoms with Crippen molar-refractivity contribution < 1.29 is 9.18 Å². The maximum Gasteiger partial charge on any atom is 0.239 e. The van der Waals surface area contributed by atoms with Gasteiger partial charge in [0.1, 0.15) is 5.82 Å². The summed E-state index contributed by atoms with van der Waals surface area (Å²) in [4.78, 5) is 14.4. The highest BCUT2D eigenvalue weighted by atomic mass is 19.1. The molecular formula is C19H21FN2O. The normalized spacial score (nSPS) is 14.0. The number of benzene rings is 2. The third-order valence-corrected chi connectivity index (χ3v) is 4.19. The summed E-state index contributed by atoms with van der Waals surface area (Å²) >= 11 is 0. The molecule has 4 heteroatoms. The third-order valence-electron chi connectivity index (χ3n) is 4.19. The quantitative estimate of drug-likeness (QED) is 0.939. The van der Waals surface area contributed by atoms with E-state index in [4.69, 9.17) is 0 Å². The van der Waals surface area contributed by atoms with Crippen LogP contribution in [-0.4, -0.2) is 19.0 Å². The summed E-state index contributed by atoms with van der Waals surface area (Å²) in [6.07, 6.45) is 3.33. The van der Waals surface area contributed by atoms with E-state index < -0.39 is 0 Å². The molecule has 0 fully saturated rings. The summed E-state index contributed by atoms with van der Waals surface area (Å²) < 4.78 is 12.9. The summed E-state index contributed by atoms with van der Waals surface area (Å²) in [5, 5.41) is 2.91. The summed E-state index contributed by atoms with van der Waals surface area (Å²) in [5.41, 5.74) is 3.38. The van der Waals surface area contributed by atoms with Crippen molar-refractivity contribution in [3.8, 4) is 0 Å². The van der Waals surface area contributed by atoms with Crippen LogP contribution in [0.5, 0.6) is 0 Å². The minimum atomic E-state index is -0.263. The molecule has 1 aliphatic rings. The maximum absolute atomic E-state index is 12.9. The lowest BCUT2D eigenvalue weighted by atomic mass is 10.1. The number of carbonyl (C=O) groups excluding carboxylic acids is 1. The Morgan fingerprint density at radius 2 is 1.87 bits per heavy atom. The fourth-order valence-corrected chi connectivity index (χ4v) is 2.97. The molecule has 2 aromatic carbocycles. The molecule has 3 rings (SSSR count). The Labute approximate surface area is 136 Å². The number of hydrogen-bond donors (Lipinski definition) is 1. The van der Waals surface area contributed by atoms with Crippen LogP contribution in [0, 0.1) is 5.82 Å². The zero-order valence-electron chi connectivity index (χ0n) is 13.1. The van der Waals surface area contributed by atoms with Crippen LogP contribution >= 0.6 is 0 Å². The molecule has 120 valence electrons. The predicted molar refractivity (Wildman–Crippen MR) is 89.8 cm³/mol. The number of nitrogens with one attached hydrogen (secondary N) is 1. The average molecular weight is 312 g/mol. The first-order valence-corrected chi connectivity index (χ1v) is 8.06. The van der Waals surface area contributed by atoms with E-state index >= 15 is 0 Å². The number of amides is 1. The van der Waals surface area contributed by atoms with Gasteiger partial charge < -0.3 is 10.2 Å². The molecule has 0 saturated carbocycles. The molecule has 0 saturated heterocycles. The van der Waals surface area contributed by atoms with E-state index in [0.29, 0.717) is 13.1 Å². The summed E-state index contributed by atoms with van der Waals surface area (Å²) in [6, 6.07) is 14.5. The predicted octanol–water partition coefficient (Wildman–Crippen LogP) is 3.28. The van der Waals surface area contributed by atoms with Crippen molar-refractivity contribution in [2.45, 2.75) is 25.8 Å². The molecule has 1 N–H and O–H groups in total. The number of para-hydroxylation sites is 1. The number of rotatable bonds is 4. The minimum absolute atomic E-state index is 0.00831. The van der Waals surface area contributed by atoms with Crippen molar-refractivity contribution in [1.82, 2.24) is 5.32 Å². The van der Waals surface area contributed by atoms with Crippen molar-refractivity contribution in [2.24, 2.45) is 0 Å². The van der Waals surface area contributed by atoms with E-state index in [2.05, 4.69) is 28.4 Å². The standard InChI is InChI=1S/C19H21FN2O/c20-17-10-8-15(9-11-17)13-21-19(23)14-22-12-4-3-6-16-5-1-2-7-18(16)22/h1-2,5,7-11H,3-4,6,12-14H2,(H,21,23). The van der Waals surface area contributed by atoms with E-state index in [9.17, 15) is 9.18 Å². The van der Waals surface area contributed by atoms with Crippen LogP contribution in [0.3, 0.4) is 0 Å². The number of halogens is 1. The van der Waals surface area contributed by atoms with E-state index in [0.717, 1.165) is 31.4 Å². The Bertz CT molecular complexity index is 669. The first-order chi connectivity index (χ1) is 11.2. The van der Waals surface area contributed by atoms with Gasteiger partial charge in [0.2, 0.25) is 5.91 Å². The smallest absolute Gasteiger partial charge is 0.239 e. The largest absolute Gasteiger partial charge is 0.362 e. The average Bonchev–Trinajstić information content (AvgIpc) is 2.77.